The second-order valence-corrected chi connectivity index (χ2v) is 8.68. The molecule has 2 aromatic carbocycles. The second kappa shape index (κ2) is 7.45. The molecule has 3 heterocycles. The Morgan fingerprint density at radius 3 is 2.56 bits per heavy atom. The maximum Gasteiger partial charge on any atom is 0.141 e. The molecule has 0 unspecified atom stereocenters. The van der Waals surface area contributed by atoms with E-state index in [1.165, 1.54) is 24.0 Å². The number of rotatable bonds is 5. The quantitative estimate of drug-likeness (QED) is 0.359. The van der Waals surface area contributed by atoms with Gasteiger partial charge in [0, 0.05) is 29.7 Å². The summed E-state index contributed by atoms with van der Waals surface area (Å²) in [6, 6.07) is 19.0. The summed E-state index contributed by atoms with van der Waals surface area (Å²) in [6.07, 6.45) is 5.04. The largest absolute Gasteiger partial charge is 0.361 e. The number of pyridine rings is 1. The third kappa shape index (κ3) is 3.30. The molecule has 32 heavy (non-hydrogen) atoms. The molecule has 0 bridgehead atoms. The van der Waals surface area contributed by atoms with Gasteiger partial charge in [0.25, 0.3) is 0 Å². The van der Waals surface area contributed by atoms with Crippen LogP contribution in [-0.2, 0) is 6.42 Å². The van der Waals surface area contributed by atoms with Crippen LogP contribution in [0.5, 0.6) is 0 Å². The number of fused-ring (bicyclic) bond motifs is 1. The molecule has 3 aromatic heterocycles. The minimum atomic E-state index is 0.566. The van der Waals surface area contributed by atoms with E-state index in [0.717, 1.165) is 57.1 Å². The fourth-order valence-corrected chi connectivity index (χ4v) is 4.57. The van der Waals surface area contributed by atoms with Gasteiger partial charge in [-0.2, -0.15) is 0 Å². The van der Waals surface area contributed by atoms with Gasteiger partial charge >= 0.3 is 0 Å². The molecule has 0 radical (unpaired) electrons. The van der Waals surface area contributed by atoms with Crippen molar-refractivity contribution in [1.82, 2.24) is 20.1 Å². The Balaban J connectivity index is 1.52. The Bertz CT molecular complexity index is 1410. The van der Waals surface area contributed by atoms with E-state index in [4.69, 9.17) is 14.5 Å². The van der Waals surface area contributed by atoms with Gasteiger partial charge in [0.1, 0.15) is 11.6 Å². The Labute approximate surface area is 186 Å². The Morgan fingerprint density at radius 2 is 1.81 bits per heavy atom. The van der Waals surface area contributed by atoms with Crippen LogP contribution in [-0.4, -0.2) is 20.1 Å². The van der Waals surface area contributed by atoms with Gasteiger partial charge in [-0.25, -0.2) is 4.98 Å². The lowest BCUT2D eigenvalue weighted by atomic mass is 9.95. The first kappa shape index (κ1) is 19.0. The highest BCUT2D eigenvalue weighted by Crippen LogP contribution is 2.40. The van der Waals surface area contributed by atoms with Gasteiger partial charge in [0.2, 0.25) is 0 Å². The summed E-state index contributed by atoms with van der Waals surface area (Å²) in [5, 5.41) is 4.17. The van der Waals surface area contributed by atoms with Gasteiger partial charge in [0.15, 0.2) is 0 Å². The van der Waals surface area contributed by atoms with Crippen LogP contribution >= 0.6 is 0 Å². The fourth-order valence-electron chi connectivity index (χ4n) is 4.57. The topological polar surface area (TPSA) is 67.6 Å². The first-order valence-corrected chi connectivity index (χ1v) is 11.1. The van der Waals surface area contributed by atoms with E-state index in [9.17, 15) is 0 Å². The fraction of sp³-hybridized carbons (Fsp3) is 0.222. The summed E-state index contributed by atoms with van der Waals surface area (Å²) in [5.74, 6) is 2.50. The smallest absolute Gasteiger partial charge is 0.141 e. The van der Waals surface area contributed by atoms with E-state index in [-0.39, 0.29) is 0 Å². The summed E-state index contributed by atoms with van der Waals surface area (Å²) in [7, 11) is 0. The number of aromatic amines is 1. The molecule has 0 aliphatic heterocycles. The molecule has 0 amide bonds. The van der Waals surface area contributed by atoms with Gasteiger partial charge in [-0.05, 0) is 61.6 Å². The maximum atomic E-state index is 5.46. The normalized spacial score (nSPS) is 13.7. The van der Waals surface area contributed by atoms with Gasteiger partial charge < -0.3 is 9.51 Å². The lowest BCUT2D eigenvalue weighted by molar-refractivity contribution is 0.393. The zero-order valence-electron chi connectivity index (χ0n) is 18.2. The van der Waals surface area contributed by atoms with Crippen molar-refractivity contribution >= 4 is 11.0 Å². The van der Waals surface area contributed by atoms with E-state index >= 15 is 0 Å². The highest BCUT2D eigenvalue weighted by Gasteiger charge is 2.27. The highest BCUT2D eigenvalue weighted by molar-refractivity contribution is 5.87. The third-order valence-corrected chi connectivity index (χ3v) is 6.29. The maximum absolute atomic E-state index is 5.46. The number of hydrogen-bond acceptors (Lipinski definition) is 4. The molecule has 1 aliphatic carbocycles. The van der Waals surface area contributed by atoms with Gasteiger partial charge in [-0.3, -0.25) is 4.98 Å². The van der Waals surface area contributed by atoms with Crippen molar-refractivity contribution in [1.29, 1.82) is 0 Å². The van der Waals surface area contributed by atoms with Crippen molar-refractivity contribution in [2.24, 2.45) is 0 Å². The first-order valence-electron chi connectivity index (χ1n) is 11.1. The van der Waals surface area contributed by atoms with Crippen LogP contribution in [0, 0.1) is 13.8 Å². The molecule has 1 saturated carbocycles. The lowest BCUT2D eigenvalue weighted by Gasteiger charge is -2.11. The summed E-state index contributed by atoms with van der Waals surface area (Å²) >= 11 is 0. The van der Waals surface area contributed by atoms with E-state index in [1.807, 2.05) is 32.2 Å². The highest BCUT2D eigenvalue weighted by atomic mass is 16.5. The van der Waals surface area contributed by atoms with Gasteiger partial charge in [-0.1, -0.05) is 41.6 Å². The van der Waals surface area contributed by atoms with Crippen molar-refractivity contribution in [3.63, 3.8) is 0 Å². The third-order valence-electron chi connectivity index (χ3n) is 6.29. The van der Waals surface area contributed by atoms with Crippen LogP contribution < -0.4 is 0 Å². The molecule has 0 atom stereocenters. The van der Waals surface area contributed by atoms with Crippen molar-refractivity contribution in [3.05, 3.63) is 89.2 Å². The van der Waals surface area contributed by atoms with Crippen LogP contribution in [0.25, 0.3) is 33.4 Å². The molecule has 5 nitrogen and oxygen atoms in total. The predicted octanol–water partition coefficient (Wildman–Crippen LogP) is 6.36. The summed E-state index contributed by atoms with van der Waals surface area (Å²) < 4.78 is 5.46. The number of nitrogens with zero attached hydrogens (tertiary/aromatic N) is 3. The van der Waals surface area contributed by atoms with Crippen LogP contribution in [0.3, 0.4) is 0 Å². The zero-order chi connectivity index (χ0) is 21.7. The molecular weight excluding hydrogens is 396 g/mol. The molecule has 1 N–H and O–H groups in total. The van der Waals surface area contributed by atoms with E-state index < -0.39 is 0 Å². The number of aromatic nitrogens is 4. The van der Waals surface area contributed by atoms with E-state index in [0.29, 0.717) is 5.92 Å². The SMILES string of the molecule is Cc1noc(C)c1-c1cc(Cc2cccnc2-c2ccccc2)c2nc(C3CC3)[nH]c2c1. The first-order chi connectivity index (χ1) is 15.7. The van der Waals surface area contributed by atoms with Crippen molar-refractivity contribution in [2.75, 3.05) is 0 Å². The zero-order valence-corrected chi connectivity index (χ0v) is 18.2. The molecular formula is C27H24N4O. The Kier molecular flexibility index (Phi) is 4.42. The number of benzene rings is 2. The molecule has 158 valence electrons. The Morgan fingerprint density at radius 1 is 0.969 bits per heavy atom. The van der Waals surface area contributed by atoms with Crippen molar-refractivity contribution in [3.8, 4) is 22.4 Å². The standard InChI is InChI=1S/C27H24N4O/c1-16-24(17(2)32-31-16)21-14-22(26-23(15-21)29-27(30-26)19-10-11-19)13-20-9-6-12-28-25(20)18-7-4-3-5-8-18/h3-9,12,14-15,19H,10-11,13H2,1-2H3,(H,29,30). The molecule has 0 spiro atoms. The molecule has 0 saturated heterocycles. The monoisotopic (exact) mass is 420 g/mol. The van der Waals surface area contributed by atoms with Gasteiger partial charge in [-0.15, -0.1) is 0 Å². The Hall–Kier alpha value is -3.73. The summed E-state index contributed by atoms with van der Waals surface area (Å²) in [4.78, 5) is 13.3. The number of aryl methyl sites for hydroxylation is 2. The molecule has 1 fully saturated rings. The van der Waals surface area contributed by atoms with Crippen LogP contribution in [0.4, 0.5) is 0 Å². The van der Waals surface area contributed by atoms with E-state index in [1.54, 1.807) is 0 Å². The molecule has 5 heteroatoms. The van der Waals surface area contributed by atoms with Crippen molar-refractivity contribution < 1.29 is 4.52 Å². The molecule has 5 aromatic rings. The average molecular weight is 421 g/mol. The predicted molar refractivity (Wildman–Crippen MR) is 126 cm³/mol. The number of nitrogens with one attached hydrogen (secondary N) is 1. The summed E-state index contributed by atoms with van der Waals surface area (Å²) in [6.45, 7) is 3.96. The van der Waals surface area contributed by atoms with Crippen LogP contribution in [0.15, 0.2) is 65.3 Å². The van der Waals surface area contributed by atoms with E-state index in [2.05, 4.69) is 52.6 Å². The molecule has 1 aliphatic rings. The van der Waals surface area contributed by atoms with Crippen LogP contribution in [0.2, 0.25) is 0 Å². The molecule has 6 rings (SSSR count). The number of hydrogen-bond donors (Lipinski definition) is 1. The lowest BCUT2D eigenvalue weighted by Crippen LogP contribution is -1.97. The second-order valence-electron chi connectivity index (χ2n) is 8.68. The van der Waals surface area contributed by atoms with Crippen LogP contribution in [0.1, 0.15) is 47.2 Å². The average Bonchev–Trinajstić information content (AvgIpc) is 3.49. The minimum Gasteiger partial charge on any atom is -0.361 e. The van der Waals surface area contributed by atoms with Gasteiger partial charge in [0.05, 0.1) is 22.4 Å². The number of H-pyrrole nitrogens is 1. The number of imidazole rings is 1. The van der Waals surface area contributed by atoms with Crippen molar-refractivity contribution in [2.45, 2.75) is 39.0 Å². The summed E-state index contributed by atoms with van der Waals surface area (Å²) in [5.41, 5.74) is 9.71. The minimum absolute atomic E-state index is 0.566.